The van der Waals surface area contributed by atoms with Gasteiger partial charge in [-0.25, -0.2) is 4.79 Å². The second kappa shape index (κ2) is 15.5. The third-order valence-electron chi connectivity index (χ3n) is 6.34. The van der Waals surface area contributed by atoms with Crippen LogP contribution in [0, 0.1) is 5.41 Å². The highest BCUT2D eigenvalue weighted by Crippen LogP contribution is 2.24. The van der Waals surface area contributed by atoms with Crippen molar-refractivity contribution in [3.63, 3.8) is 0 Å². The molecule has 2 aromatic carbocycles. The van der Waals surface area contributed by atoms with Crippen LogP contribution >= 0.6 is 0 Å². The highest BCUT2D eigenvalue weighted by atomic mass is 16.5. The molecule has 0 heterocycles. The van der Waals surface area contributed by atoms with Crippen LogP contribution < -0.4 is 16.0 Å². The molecule has 9 nitrogen and oxygen atoms in total. The number of aliphatic hydroxyl groups excluding tert-OH is 1. The Morgan fingerprint density at radius 1 is 1.03 bits per heavy atom. The molecule has 4 N–H and O–H groups in total. The van der Waals surface area contributed by atoms with Crippen LogP contribution in [0.5, 0.6) is 0 Å². The monoisotopic (exact) mass is 524 g/mol. The molecule has 2 rings (SSSR count). The largest absolute Gasteiger partial charge is 0.445 e. The maximum Gasteiger partial charge on any atom is 0.408 e. The number of unbranched alkanes of at least 4 members (excludes halogenated alkanes) is 2. The van der Waals surface area contributed by atoms with Gasteiger partial charge in [-0.3, -0.25) is 14.4 Å². The van der Waals surface area contributed by atoms with Gasteiger partial charge in [-0.05, 0) is 30.0 Å². The number of ether oxygens (including phenoxy) is 1. The summed E-state index contributed by atoms with van der Waals surface area (Å²) in [6.07, 6.45) is 3.80. The Hall–Kier alpha value is -3.72. The van der Waals surface area contributed by atoms with Crippen LogP contribution in [-0.4, -0.2) is 54.5 Å². The molecular weight excluding hydrogens is 486 g/mol. The molecule has 0 fully saturated rings. The molecule has 0 saturated carbocycles. The van der Waals surface area contributed by atoms with Gasteiger partial charge >= 0.3 is 6.09 Å². The number of aliphatic hydroxyl groups is 1. The summed E-state index contributed by atoms with van der Waals surface area (Å²) in [4.78, 5) is 48.7. The van der Waals surface area contributed by atoms with Crippen LogP contribution in [0.15, 0.2) is 54.6 Å². The fraction of sp³-hybridized carbons (Fsp3) is 0.448. The summed E-state index contributed by atoms with van der Waals surface area (Å²) in [6.45, 7) is 4.49. The molecule has 0 spiro atoms. The first kappa shape index (κ1) is 30.5. The summed E-state index contributed by atoms with van der Waals surface area (Å²) in [6, 6.07) is 15.2. The van der Waals surface area contributed by atoms with E-state index in [-0.39, 0.29) is 25.5 Å². The van der Waals surface area contributed by atoms with Crippen molar-refractivity contribution in [2.24, 2.45) is 5.41 Å². The minimum atomic E-state index is -1.18. The predicted octanol–water partition coefficient (Wildman–Crippen LogP) is 3.26. The van der Waals surface area contributed by atoms with Crippen molar-refractivity contribution >= 4 is 24.2 Å². The van der Waals surface area contributed by atoms with E-state index in [2.05, 4.69) is 16.0 Å². The van der Waals surface area contributed by atoms with E-state index in [0.29, 0.717) is 6.42 Å². The molecule has 0 bridgehead atoms. The third-order valence-corrected chi connectivity index (χ3v) is 6.34. The Balaban J connectivity index is 1.88. The normalized spacial score (nSPS) is 13.9. The average molecular weight is 525 g/mol. The highest BCUT2D eigenvalue weighted by Gasteiger charge is 2.36. The highest BCUT2D eigenvalue weighted by molar-refractivity contribution is 5.85. The van der Waals surface area contributed by atoms with Crippen LogP contribution in [0.3, 0.4) is 0 Å². The fourth-order valence-electron chi connectivity index (χ4n) is 3.78. The number of alkyl carbamates (subject to hydrolysis) is 1. The second-order valence-electron chi connectivity index (χ2n) is 9.57. The number of carbonyl (C=O) groups excluding carboxylic acids is 4. The molecule has 0 aliphatic carbocycles. The van der Waals surface area contributed by atoms with Crippen molar-refractivity contribution in [2.45, 2.75) is 65.1 Å². The molecule has 2 unspecified atom stereocenters. The maximum atomic E-state index is 12.6. The van der Waals surface area contributed by atoms with Gasteiger partial charge in [-0.1, -0.05) is 81.3 Å². The first-order chi connectivity index (χ1) is 18.2. The van der Waals surface area contributed by atoms with Crippen LogP contribution in [0.4, 0.5) is 4.79 Å². The van der Waals surface area contributed by atoms with Crippen LogP contribution in [-0.2, 0) is 25.7 Å². The van der Waals surface area contributed by atoms with Crippen LogP contribution in [0.1, 0.15) is 52.0 Å². The van der Waals surface area contributed by atoms with Gasteiger partial charge in [0.15, 0.2) is 0 Å². The molecular formula is C29H38N3O6. The molecule has 205 valence electrons. The van der Waals surface area contributed by atoms with Crippen LogP contribution in [0.25, 0.3) is 11.1 Å². The van der Waals surface area contributed by atoms with Crippen molar-refractivity contribution in [2.75, 3.05) is 13.2 Å². The third kappa shape index (κ3) is 9.30. The summed E-state index contributed by atoms with van der Waals surface area (Å²) in [7, 11) is 0. The predicted molar refractivity (Wildman–Crippen MR) is 145 cm³/mol. The van der Waals surface area contributed by atoms with E-state index < -0.39 is 36.1 Å². The summed E-state index contributed by atoms with van der Waals surface area (Å²) >= 11 is 0. The van der Waals surface area contributed by atoms with Gasteiger partial charge in [-0.15, -0.1) is 0 Å². The zero-order valence-corrected chi connectivity index (χ0v) is 22.3. The average Bonchev–Trinajstić information content (AvgIpc) is 2.94. The van der Waals surface area contributed by atoms with Gasteiger partial charge in [0.25, 0.3) is 0 Å². The standard InChI is InChI=1S/C29H38N3O6/c1-4-5-7-16-26(35)32-25(17-33)29(3,20-34)19-30-27(36)21(2)31-28(37)38-18-23-14-10-11-15-24(23)22-12-8-6-9-13-22/h6,8-15,21,25,34H,4-5,7,16,18-20H2,1-3H3,(H,30,36)(H,31,37)(H,32,35)/t21-,25?,29?/m0/s1. The molecule has 2 aromatic rings. The molecule has 38 heavy (non-hydrogen) atoms. The van der Waals surface area contributed by atoms with E-state index >= 15 is 0 Å². The summed E-state index contributed by atoms with van der Waals surface area (Å²) < 4.78 is 5.35. The van der Waals surface area contributed by atoms with E-state index in [1.54, 1.807) is 13.2 Å². The lowest BCUT2D eigenvalue weighted by Gasteiger charge is -2.33. The Bertz CT molecular complexity index is 1060. The first-order valence-corrected chi connectivity index (χ1v) is 12.9. The van der Waals surface area contributed by atoms with Gasteiger partial charge in [0, 0.05) is 18.4 Å². The number of carbonyl (C=O) groups is 3. The molecule has 0 aromatic heterocycles. The quantitative estimate of drug-likeness (QED) is 0.264. The number of nitrogens with one attached hydrogen (secondary N) is 3. The molecule has 3 atom stereocenters. The van der Waals surface area contributed by atoms with Crippen molar-refractivity contribution in [1.82, 2.24) is 16.0 Å². The molecule has 0 aliphatic heterocycles. The van der Waals surface area contributed by atoms with E-state index in [4.69, 9.17) is 4.74 Å². The molecule has 3 amide bonds. The summed E-state index contributed by atoms with van der Waals surface area (Å²) in [5, 5.41) is 17.6. The minimum absolute atomic E-state index is 0.0165. The Morgan fingerprint density at radius 3 is 2.37 bits per heavy atom. The number of rotatable bonds is 15. The minimum Gasteiger partial charge on any atom is -0.445 e. The smallest absolute Gasteiger partial charge is 0.408 e. The van der Waals surface area contributed by atoms with Crippen molar-refractivity contribution < 1.29 is 29.0 Å². The summed E-state index contributed by atoms with van der Waals surface area (Å²) in [5.74, 6) is -0.852. The van der Waals surface area contributed by atoms with Crippen LogP contribution in [0.2, 0.25) is 0 Å². The fourth-order valence-corrected chi connectivity index (χ4v) is 3.78. The zero-order chi connectivity index (χ0) is 28.0. The van der Waals surface area contributed by atoms with Crippen molar-refractivity contribution in [3.05, 3.63) is 60.2 Å². The molecule has 0 aliphatic rings. The number of hydrogen-bond donors (Lipinski definition) is 4. The van der Waals surface area contributed by atoms with Crippen molar-refractivity contribution in [1.29, 1.82) is 0 Å². The number of benzene rings is 2. The van der Waals surface area contributed by atoms with E-state index in [1.807, 2.05) is 61.5 Å². The van der Waals surface area contributed by atoms with Gasteiger partial charge in [0.1, 0.15) is 18.7 Å². The molecule has 9 heteroatoms. The lowest BCUT2D eigenvalue weighted by atomic mass is 9.83. The topological polar surface area (TPSA) is 134 Å². The maximum absolute atomic E-state index is 12.6. The lowest BCUT2D eigenvalue weighted by Crippen LogP contribution is -2.56. The Kier molecular flexibility index (Phi) is 12.5. The molecule has 1 radical (unpaired) electrons. The number of hydrogen-bond acceptors (Lipinski definition) is 6. The van der Waals surface area contributed by atoms with E-state index in [9.17, 15) is 24.3 Å². The zero-order valence-electron chi connectivity index (χ0n) is 22.3. The second-order valence-corrected chi connectivity index (χ2v) is 9.57. The Morgan fingerprint density at radius 2 is 1.71 bits per heavy atom. The van der Waals surface area contributed by atoms with Gasteiger partial charge < -0.3 is 25.8 Å². The SMILES string of the molecule is CCCCCC(=O)NC([C]=O)C(C)(CO)CNC(=O)[C@H](C)NC(=O)OCc1ccccc1-c1ccccc1. The van der Waals surface area contributed by atoms with Crippen molar-refractivity contribution in [3.8, 4) is 11.1 Å². The first-order valence-electron chi connectivity index (χ1n) is 12.9. The van der Waals surface area contributed by atoms with E-state index in [1.165, 1.54) is 6.92 Å². The van der Waals surface area contributed by atoms with Gasteiger partial charge in [-0.2, -0.15) is 0 Å². The van der Waals surface area contributed by atoms with Gasteiger partial charge in [0.05, 0.1) is 6.61 Å². The molecule has 0 saturated heterocycles. The lowest BCUT2D eigenvalue weighted by molar-refractivity contribution is -0.123. The Labute approximate surface area is 224 Å². The van der Waals surface area contributed by atoms with E-state index in [0.717, 1.165) is 29.5 Å². The van der Waals surface area contributed by atoms with Gasteiger partial charge in [0.2, 0.25) is 18.1 Å². The summed E-state index contributed by atoms with van der Waals surface area (Å²) in [5.41, 5.74) is 1.57. The number of amides is 3.